The van der Waals surface area contributed by atoms with Crippen LogP contribution in [0.5, 0.6) is 0 Å². The number of rotatable bonds is 11. The topological polar surface area (TPSA) is 202 Å². The van der Waals surface area contributed by atoms with Crippen LogP contribution in [0.25, 0.3) is 0 Å². The number of carbonyl (C=O) groups excluding carboxylic acids is 2. The van der Waals surface area contributed by atoms with Crippen molar-refractivity contribution in [2.24, 2.45) is 16.5 Å². The Morgan fingerprint density at radius 1 is 1.03 bits per heavy atom. The molecule has 31 heavy (non-hydrogen) atoms. The van der Waals surface area contributed by atoms with Crippen LogP contribution < -0.4 is 26.8 Å². The molecule has 1 aromatic heterocycles. The Balaban J connectivity index is 1.89. The molecule has 2 unspecified atom stereocenters. The number of carbonyl (C=O) groups is 3. The van der Waals surface area contributed by atoms with Crippen LogP contribution in [0.3, 0.4) is 0 Å². The highest BCUT2D eigenvalue weighted by Crippen LogP contribution is 2.08. The van der Waals surface area contributed by atoms with Crippen molar-refractivity contribution < 1.29 is 28.1 Å². The maximum absolute atomic E-state index is 12.2. The molecule has 166 valence electrons. The number of aliphatic imine (C=N–C) groups is 1. The molecule has 0 fully saturated rings. The zero-order valence-corrected chi connectivity index (χ0v) is 17.1. The number of furan rings is 1. The summed E-state index contributed by atoms with van der Waals surface area (Å²) in [6, 6.07) is 9.46. The van der Waals surface area contributed by atoms with Crippen molar-refractivity contribution in [3.63, 3.8) is 0 Å². The van der Waals surface area contributed by atoms with Gasteiger partial charge in [0.05, 0.1) is 11.4 Å². The van der Waals surface area contributed by atoms with Gasteiger partial charge in [0.15, 0.2) is 17.5 Å². The van der Waals surface area contributed by atoms with E-state index in [1.165, 1.54) is 12.1 Å². The number of nitrogens with one attached hydrogen (secondary N) is 3. The van der Waals surface area contributed by atoms with Crippen molar-refractivity contribution in [1.82, 2.24) is 15.4 Å². The molecular weight excluding hydrogens is 428 g/mol. The molecule has 0 bridgehead atoms. The van der Waals surface area contributed by atoms with Crippen LogP contribution in [0, 0.1) is 0 Å². The molecule has 0 aliphatic rings. The highest BCUT2D eigenvalue weighted by molar-refractivity contribution is 7.83. The van der Waals surface area contributed by atoms with E-state index in [2.05, 4.69) is 20.3 Å². The number of hydrogen-bond acceptors (Lipinski definition) is 6. The largest absolute Gasteiger partial charge is 0.480 e. The normalized spacial score (nSPS) is 12.4. The van der Waals surface area contributed by atoms with Crippen molar-refractivity contribution in [3.8, 4) is 0 Å². The highest BCUT2D eigenvalue weighted by Gasteiger charge is 2.23. The van der Waals surface area contributed by atoms with Crippen molar-refractivity contribution in [2.45, 2.75) is 10.9 Å². The van der Waals surface area contributed by atoms with Crippen molar-refractivity contribution in [2.75, 3.05) is 19.6 Å². The first kappa shape index (κ1) is 23.6. The van der Waals surface area contributed by atoms with E-state index < -0.39 is 34.8 Å². The average Bonchev–Trinajstić information content (AvgIpc) is 3.24. The number of nitrogens with two attached hydrogens (primary N) is 2. The fourth-order valence-corrected chi connectivity index (χ4v) is 3.21. The number of carboxylic acid groups (broad SMARTS) is 1. The van der Waals surface area contributed by atoms with Crippen molar-refractivity contribution in [3.05, 3.63) is 54.0 Å². The molecule has 0 aliphatic carbocycles. The third-order valence-corrected chi connectivity index (χ3v) is 4.92. The standard InChI is InChI=1S/C18H22N6O6S/c19-18(20)22-9-8-21-15(25)13-6-7-14(30-13)16(26)23-10-12(17(27)28)24-31(29)11-4-2-1-3-5-11/h1-7,12,24H,8-10H2,(H,21,25)(H,23,26)(H,27,28)(H4,19,20,22). The molecule has 0 saturated carbocycles. The molecule has 1 aromatic carbocycles. The number of amides is 2. The molecule has 0 spiro atoms. The molecule has 2 atom stereocenters. The van der Waals surface area contributed by atoms with Crippen LogP contribution >= 0.6 is 0 Å². The summed E-state index contributed by atoms with van der Waals surface area (Å²) in [4.78, 5) is 39.7. The van der Waals surface area contributed by atoms with E-state index in [9.17, 15) is 23.7 Å². The van der Waals surface area contributed by atoms with Gasteiger partial charge in [0.1, 0.15) is 17.0 Å². The van der Waals surface area contributed by atoms with Gasteiger partial charge in [0, 0.05) is 13.1 Å². The predicted molar refractivity (Wildman–Crippen MR) is 111 cm³/mol. The van der Waals surface area contributed by atoms with Crippen LogP contribution in [-0.4, -0.2) is 58.7 Å². The number of nitrogens with zero attached hydrogens (tertiary/aromatic N) is 1. The molecule has 2 rings (SSSR count). The molecule has 8 N–H and O–H groups in total. The zero-order chi connectivity index (χ0) is 22.8. The minimum absolute atomic E-state index is 0.104. The van der Waals surface area contributed by atoms with E-state index in [1.807, 2.05) is 0 Å². The van der Waals surface area contributed by atoms with E-state index >= 15 is 0 Å². The van der Waals surface area contributed by atoms with Crippen molar-refractivity contribution >= 4 is 34.7 Å². The third kappa shape index (κ3) is 7.56. The molecule has 0 aliphatic heterocycles. The lowest BCUT2D eigenvalue weighted by atomic mass is 10.3. The van der Waals surface area contributed by atoms with Gasteiger partial charge in [0.2, 0.25) is 0 Å². The van der Waals surface area contributed by atoms with Gasteiger partial charge in [-0.15, -0.1) is 0 Å². The van der Waals surface area contributed by atoms with Gasteiger partial charge >= 0.3 is 5.97 Å². The Kier molecular flexibility index (Phi) is 8.72. The summed E-state index contributed by atoms with van der Waals surface area (Å²) in [5, 5.41) is 14.2. The van der Waals surface area contributed by atoms with Gasteiger partial charge in [-0.1, -0.05) is 18.2 Å². The van der Waals surface area contributed by atoms with Crippen LogP contribution in [0.4, 0.5) is 0 Å². The second-order valence-electron chi connectivity index (χ2n) is 6.03. The number of aliphatic carboxylic acids is 1. The minimum atomic E-state index is -1.79. The van der Waals surface area contributed by atoms with Gasteiger partial charge in [-0.2, -0.15) is 0 Å². The summed E-state index contributed by atoms with van der Waals surface area (Å²) in [5.41, 5.74) is 10.4. The molecule has 13 heteroatoms. The number of benzene rings is 1. The van der Waals surface area contributed by atoms with Gasteiger partial charge < -0.3 is 31.6 Å². The Morgan fingerprint density at radius 2 is 1.65 bits per heavy atom. The number of hydrogen-bond donors (Lipinski definition) is 6. The zero-order valence-electron chi connectivity index (χ0n) is 16.2. The van der Waals surface area contributed by atoms with Crippen LogP contribution in [-0.2, 0) is 15.8 Å². The van der Waals surface area contributed by atoms with Gasteiger partial charge in [-0.3, -0.25) is 19.4 Å². The van der Waals surface area contributed by atoms with Crippen LogP contribution in [0.15, 0.2) is 56.8 Å². The second kappa shape index (κ2) is 11.5. The predicted octanol–water partition coefficient (Wildman–Crippen LogP) is -1.22. The number of carboxylic acids is 1. The Labute approximate surface area is 179 Å². The van der Waals surface area contributed by atoms with Crippen LogP contribution in [0.1, 0.15) is 21.1 Å². The van der Waals surface area contributed by atoms with Gasteiger partial charge in [0.25, 0.3) is 11.8 Å². The maximum atomic E-state index is 12.2. The Morgan fingerprint density at radius 3 is 2.23 bits per heavy atom. The molecular formula is C18H22N6O6S. The summed E-state index contributed by atoms with van der Waals surface area (Å²) < 4.78 is 19.9. The first-order valence-corrected chi connectivity index (χ1v) is 10.1. The summed E-state index contributed by atoms with van der Waals surface area (Å²) in [6.45, 7) is -0.0347. The van der Waals surface area contributed by atoms with Gasteiger partial charge in [-0.25, -0.2) is 8.93 Å². The summed E-state index contributed by atoms with van der Waals surface area (Å²) in [7, 11) is -1.79. The summed E-state index contributed by atoms with van der Waals surface area (Å²) in [5.74, 6) is -3.03. The summed E-state index contributed by atoms with van der Waals surface area (Å²) >= 11 is 0. The maximum Gasteiger partial charge on any atom is 0.323 e. The lowest BCUT2D eigenvalue weighted by molar-refractivity contribution is -0.138. The minimum Gasteiger partial charge on any atom is -0.480 e. The molecule has 2 amide bonds. The lowest BCUT2D eigenvalue weighted by Crippen LogP contribution is -2.46. The van der Waals surface area contributed by atoms with E-state index in [0.29, 0.717) is 4.90 Å². The van der Waals surface area contributed by atoms with Crippen LogP contribution in [0.2, 0.25) is 0 Å². The molecule has 12 nitrogen and oxygen atoms in total. The molecule has 2 aromatic rings. The third-order valence-electron chi connectivity index (χ3n) is 3.72. The van der Waals surface area contributed by atoms with E-state index in [0.717, 1.165) is 0 Å². The van der Waals surface area contributed by atoms with Gasteiger partial charge in [-0.05, 0) is 24.3 Å². The number of guanidine groups is 1. The Bertz CT molecular complexity index is 973. The van der Waals surface area contributed by atoms with E-state index in [-0.39, 0.29) is 37.1 Å². The fraction of sp³-hybridized carbons (Fsp3) is 0.222. The smallest absolute Gasteiger partial charge is 0.323 e. The highest BCUT2D eigenvalue weighted by atomic mass is 32.2. The first-order chi connectivity index (χ1) is 14.8. The second-order valence-corrected chi connectivity index (χ2v) is 7.27. The van der Waals surface area contributed by atoms with E-state index in [1.54, 1.807) is 30.3 Å². The van der Waals surface area contributed by atoms with Crippen molar-refractivity contribution in [1.29, 1.82) is 0 Å². The Hall–Kier alpha value is -3.71. The molecule has 1 heterocycles. The quantitative estimate of drug-likeness (QED) is 0.139. The SMILES string of the molecule is NC(N)=NCCNC(=O)c1ccc(C(=O)NCC(NS(=O)c2ccccc2)C(=O)O)o1. The average molecular weight is 450 g/mol. The fourth-order valence-electron chi connectivity index (χ4n) is 2.23. The lowest BCUT2D eigenvalue weighted by Gasteiger charge is -2.14. The summed E-state index contributed by atoms with van der Waals surface area (Å²) in [6.07, 6.45) is 0. The van der Waals surface area contributed by atoms with E-state index in [4.69, 9.17) is 15.9 Å². The first-order valence-electron chi connectivity index (χ1n) is 8.95. The monoisotopic (exact) mass is 450 g/mol. The molecule has 0 saturated heterocycles. The molecule has 0 radical (unpaired) electrons.